The van der Waals surface area contributed by atoms with Crippen LogP contribution in [-0.4, -0.2) is 41.0 Å². The highest BCUT2D eigenvalue weighted by molar-refractivity contribution is 5.91. The van der Waals surface area contributed by atoms with Crippen molar-refractivity contribution in [2.75, 3.05) is 31.1 Å². The van der Waals surface area contributed by atoms with Crippen molar-refractivity contribution in [3.8, 4) is 0 Å². The van der Waals surface area contributed by atoms with E-state index in [2.05, 4.69) is 69.2 Å². The first-order chi connectivity index (χ1) is 11.8. The van der Waals surface area contributed by atoms with E-state index in [4.69, 9.17) is 0 Å². The van der Waals surface area contributed by atoms with Crippen LogP contribution in [0.3, 0.4) is 0 Å². The van der Waals surface area contributed by atoms with Crippen molar-refractivity contribution in [2.24, 2.45) is 0 Å². The second-order valence-corrected chi connectivity index (χ2v) is 6.42. The predicted octanol–water partition coefficient (Wildman–Crippen LogP) is 3.26. The van der Waals surface area contributed by atoms with Crippen molar-refractivity contribution < 1.29 is 0 Å². The molecule has 122 valence electrons. The summed E-state index contributed by atoms with van der Waals surface area (Å²) in [7, 11) is 0. The molecule has 1 fully saturated rings. The Morgan fingerprint density at radius 3 is 2.62 bits per heavy atom. The molecule has 1 aliphatic rings. The number of aromatic nitrogens is 2. The molecule has 1 saturated heterocycles. The van der Waals surface area contributed by atoms with E-state index < -0.39 is 0 Å². The summed E-state index contributed by atoms with van der Waals surface area (Å²) in [6.07, 6.45) is 3.55. The third kappa shape index (κ3) is 2.97. The molecule has 2 heterocycles. The zero-order valence-corrected chi connectivity index (χ0v) is 14.0. The molecule has 0 saturated carbocycles. The van der Waals surface area contributed by atoms with Crippen LogP contribution in [0.5, 0.6) is 0 Å². The summed E-state index contributed by atoms with van der Waals surface area (Å²) in [6.45, 7) is 7.48. The van der Waals surface area contributed by atoms with E-state index in [0.717, 1.165) is 43.6 Å². The highest BCUT2D eigenvalue weighted by Gasteiger charge is 2.19. The van der Waals surface area contributed by atoms with Crippen molar-refractivity contribution in [1.82, 2.24) is 14.9 Å². The average molecular weight is 318 g/mol. The third-order valence-corrected chi connectivity index (χ3v) is 4.90. The second-order valence-electron chi connectivity index (χ2n) is 6.42. The number of fused-ring (bicyclic) bond motifs is 1. The van der Waals surface area contributed by atoms with Gasteiger partial charge < -0.3 is 4.90 Å². The maximum absolute atomic E-state index is 4.37. The Morgan fingerprint density at radius 2 is 1.79 bits per heavy atom. The summed E-state index contributed by atoms with van der Waals surface area (Å²) in [5, 5.41) is 1.15. The van der Waals surface area contributed by atoms with Crippen LogP contribution in [0.2, 0.25) is 0 Å². The molecule has 0 amide bonds. The normalized spacial score (nSPS) is 15.8. The first kappa shape index (κ1) is 15.1. The maximum Gasteiger partial charge on any atom is 0.116 e. The standard InChI is InChI=1S/C20H22N4/c1-16-5-2-3-6-17(16)14-23-9-11-24(12-10-23)20-8-4-7-19-18(20)13-21-15-22-19/h2-8,13,15H,9-12,14H2,1H3. The van der Waals surface area contributed by atoms with Gasteiger partial charge in [-0.1, -0.05) is 30.3 Å². The fraction of sp³-hybridized carbons (Fsp3) is 0.300. The quantitative estimate of drug-likeness (QED) is 0.742. The zero-order chi connectivity index (χ0) is 16.4. The van der Waals surface area contributed by atoms with Gasteiger partial charge in [0.1, 0.15) is 6.33 Å². The number of benzene rings is 2. The second kappa shape index (κ2) is 6.57. The van der Waals surface area contributed by atoms with Gasteiger partial charge in [-0.2, -0.15) is 0 Å². The Balaban J connectivity index is 1.47. The smallest absolute Gasteiger partial charge is 0.116 e. The van der Waals surface area contributed by atoms with Gasteiger partial charge in [0.25, 0.3) is 0 Å². The van der Waals surface area contributed by atoms with Gasteiger partial charge in [-0.15, -0.1) is 0 Å². The van der Waals surface area contributed by atoms with E-state index in [9.17, 15) is 0 Å². The largest absolute Gasteiger partial charge is 0.368 e. The van der Waals surface area contributed by atoms with Gasteiger partial charge >= 0.3 is 0 Å². The molecule has 0 N–H and O–H groups in total. The first-order valence-electron chi connectivity index (χ1n) is 8.52. The van der Waals surface area contributed by atoms with Crippen molar-refractivity contribution in [3.63, 3.8) is 0 Å². The lowest BCUT2D eigenvalue weighted by atomic mass is 10.1. The van der Waals surface area contributed by atoms with E-state index in [1.807, 2.05) is 6.20 Å². The molecule has 0 atom stereocenters. The Kier molecular flexibility index (Phi) is 4.13. The highest BCUT2D eigenvalue weighted by atomic mass is 15.3. The number of rotatable bonds is 3. The van der Waals surface area contributed by atoms with Gasteiger partial charge in [0, 0.05) is 50.0 Å². The summed E-state index contributed by atoms with van der Waals surface area (Å²) in [5.41, 5.74) is 5.09. The van der Waals surface area contributed by atoms with Crippen molar-refractivity contribution in [1.29, 1.82) is 0 Å². The monoisotopic (exact) mass is 318 g/mol. The molecule has 3 aromatic rings. The summed E-state index contributed by atoms with van der Waals surface area (Å²) >= 11 is 0. The van der Waals surface area contributed by atoms with Crippen LogP contribution in [-0.2, 0) is 6.54 Å². The molecular weight excluding hydrogens is 296 g/mol. The van der Waals surface area contributed by atoms with Crippen molar-refractivity contribution in [3.05, 3.63) is 66.1 Å². The van der Waals surface area contributed by atoms with Gasteiger partial charge in [-0.25, -0.2) is 9.97 Å². The van der Waals surface area contributed by atoms with E-state index in [0.29, 0.717) is 0 Å². The first-order valence-corrected chi connectivity index (χ1v) is 8.52. The van der Waals surface area contributed by atoms with E-state index in [-0.39, 0.29) is 0 Å². The zero-order valence-electron chi connectivity index (χ0n) is 14.0. The third-order valence-electron chi connectivity index (χ3n) is 4.90. The van der Waals surface area contributed by atoms with Gasteiger partial charge in [0.05, 0.1) is 5.52 Å². The molecule has 4 nitrogen and oxygen atoms in total. The fourth-order valence-electron chi connectivity index (χ4n) is 3.44. The molecule has 0 unspecified atom stereocenters. The Bertz CT molecular complexity index is 832. The summed E-state index contributed by atoms with van der Waals surface area (Å²) in [4.78, 5) is 13.6. The van der Waals surface area contributed by atoms with Crippen LogP contribution >= 0.6 is 0 Å². The fourth-order valence-corrected chi connectivity index (χ4v) is 3.44. The molecule has 0 radical (unpaired) electrons. The lowest BCUT2D eigenvalue weighted by Gasteiger charge is -2.36. The molecule has 1 aliphatic heterocycles. The van der Waals surface area contributed by atoms with Crippen LogP contribution in [0.15, 0.2) is 55.0 Å². The minimum atomic E-state index is 1.02. The predicted molar refractivity (Wildman–Crippen MR) is 98.2 cm³/mol. The number of piperazine rings is 1. The Morgan fingerprint density at radius 1 is 0.958 bits per heavy atom. The van der Waals surface area contributed by atoms with Crippen LogP contribution in [0.1, 0.15) is 11.1 Å². The molecule has 0 spiro atoms. The minimum absolute atomic E-state index is 1.02. The van der Waals surface area contributed by atoms with Gasteiger partial charge in [0.2, 0.25) is 0 Å². The number of hydrogen-bond donors (Lipinski definition) is 0. The van der Waals surface area contributed by atoms with E-state index in [1.54, 1.807) is 6.33 Å². The van der Waals surface area contributed by atoms with E-state index >= 15 is 0 Å². The van der Waals surface area contributed by atoms with Crippen molar-refractivity contribution >= 4 is 16.6 Å². The topological polar surface area (TPSA) is 32.3 Å². The average Bonchev–Trinajstić information content (AvgIpc) is 2.64. The maximum atomic E-state index is 4.37. The summed E-state index contributed by atoms with van der Waals surface area (Å²) < 4.78 is 0. The summed E-state index contributed by atoms with van der Waals surface area (Å²) in [5.74, 6) is 0. The lowest BCUT2D eigenvalue weighted by Crippen LogP contribution is -2.46. The molecule has 24 heavy (non-hydrogen) atoms. The molecule has 0 aliphatic carbocycles. The SMILES string of the molecule is Cc1ccccc1CN1CCN(c2cccc3ncncc23)CC1. The van der Waals surface area contributed by atoms with Gasteiger partial charge in [0.15, 0.2) is 0 Å². The molecule has 1 aromatic heterocycles. The lowest BCUT2D eigenvalue weighted by molar-refractivity contribution is 0.249. The van der Waals surface area contributed by atoms with Crippen LogP contribution in [0.4, 0.5) is 5.69 Å². The molecule has 4 heteroatoms. The summed E-state index contributed by atoms with van der Waals surface area (Å²) in [6, 6.07) is 15.0. The minimum Gasteiger partial charge on any atom is -0.368 e. The van der Waals surface area contributed by atoms with Crippen molar-refractivity contribution in [2.45, 2.75) is 13.5 Å². The molecule has 4 rings (SSSR count). The number of aryl methyl sites for hydroxylation is 1. The number of anilines is 1. The Hall–Kier alpha value is -2.46. The van der Waals surface area contributed by atoms with Gasteiger partial charge in [-0.05, 0) is 30.2 Å². The Labute approximate surface area is 142 Å². The number of nitrogens with zero attached hydrogens (tertiary/aromatic N) is 4. The van der Waals surface area contributed by atoms with Gasteiger partial charge in [-0.3, -0.25) is 4.90 Å². The molecular formula is C20H22N4. The molecule has 2 aromatic carbocycles. The highest BCUT2D eigenvalue weighted by Crippen LogP contribution is 2.26. The molecule has 0 bridgehead atoms. The number of hydrogen-bond acceptors (Lipinski definition) is 4. The van der Waals surface area contributed by atoms with E-state index in [1.165, 1.54) is 16.8 Å². The van der Waals surface area contributed by atoms with Crippen LogP contribution < -0.4 is 4.90 Å². The van der Waals surface area contributed by atoms with Crippen LogP contribution in [0.25, 0.3) is 10.9 Å². The van der Waals surface area contributed by atoms with Crippen LogP contribution in [0, 0.1) is 6.92 Å².